The molecule has 1 aromatic heterocycles. The SMILES string of the molecule is CC[C@@H](C)N1CCC2(CC1)C(=O)N(CCCc1cccnc1)C(=O)N2CC(C)C. The third kappa shape index (κ3) is 4.47. The fourth-order valence-corrected chi connectivity index (χ4v) is 4.66. The molecule has 0 saturated carbocycles. The van der Waals surface area contributed by atoms with Gasteiger partial charge in [0.2, 0.25) is 0 Å². The van der Waals surface area contributed by atoms with Crippen LogP contribution >= 0.6 is 0 Å². The molecule has 0 aromatic carbocycles. The lowest BCUT2D eigenvalue weighted by molar-refractivity contribution is -0.136. The lowest BCUT2D eigenvalue weighted by Gasteiger charge is -2.44. The van der Waals surface area contributed by atoms with Gasteiger partial charge in [-0.1, -0.05) is 26.8 Å². The van der Waals surface area contributed by atoms with E-state index in [1.807, 2.05) is 23.2 Å². The summed E-state index contributed by atoms with van der Waals surface area (Å²) in [5.74, 6) is 0.365. The van der Waals surface area contributed by atoms with Gasteiger partial charge in [-0.15, -0.1) is 0 Å². The van der Waals surface area contributed by atoms with Crippen LogP contribution in [-0.2, 0) is 11.2 Å². The second kappa shape index (κ2) is 9.24. The molecule has 0 N–H and O–H groups in total. The fourth-order valence-electron chi connectivity index (χ4n) is 4.66. The minimum atomic E-state index is -0.639. The summed E-state index contributed by atoms with van der Waals surface area (Å²) < 4.78 is 0. The smallest absolute Gasteiger partial charge is 0.309 e. The Hall–Kier alpha value is -1.95. The van der Waals surface area contributed by atoms with Crippen LogP contribution in [0.2, 0.25) is 0 Å². The zero-order valence-corrected chi connectivity index (χ0v) is 18.4. The number of aryl methyl sites for hydroxylation is 1. The van der Waals surface area contributed by atoms with E-state index in [-0.39, 0.29) is 11.9 Å². The molecule has 3 rings (SSSR count). The van der Waals surface area contributed by atoms with E-state index >= 15 is 0 Å². The highest BCUT2D eigenvalue weighted by Crippen LogP contribution is 2.38. The van der Waals surface area contributed by atoms with Crippen molar-refractivity contribution < 1.29 is 9.59 Å². The second-order valence-corrected chi connectivity index (χ2v) is 9.03. The Morgan fingerprint density at radius 1 is 1.17 bits per heavy atom. The van der Waals surface area contributed by atoms with Crippen molar-refractivity contribution in [2.45, 2.75) is 71.4 Å². The molecule has 2 fully saturated rings. The number of piperidine rings is 1. The van der Waals surface area contributed by atoms with Gasteiger partial charge in [0.25, 0.3) is 5.91 Å². The Kier molecular flexibility index (Phi) is 6.93. The predicted octanol–water partition coefficient (Wildman–Crippen LogP) is 3.57. The number of carbonyl (C=O) groups excluding carboxylic acids is 2. The average molecular weight is 401 g/mol. The number of nitrogens with zero attached hydrogens (tertiary/aromatic N) is 4. The van der Waals surface area contributed by atoms with Gasteiger partial charge < -0.3 is 9.80 Å². The Balaban J connectivity index is 1.71. The molecule has 2 saturated heterocycles. The minimum Gasteiger partial charge on any atom is -0.309 e. The second-order valence-electron chi connectivity index (χ2n) is 9.03. The van der Waals surface area contributed by atoms with Crippen LogP contribution in [0.5, 0.6) is 0 Å². The third-order valence-corrected chi connectivity index (χ3v) is 6.58. The molecule has 1 spiro atoms. The molecule has 0 aliphatic carbocycles. The molecule has 6 heteroatoms. The Morgan fingerprint density at radius 2 is 1.90 bits per heavy atom. The third-order valence-electron chi connectivity index (χ3n) is 6.58. The molecule has 0 bridgehead atoms. The molecular weight excluding hydrogens is 364 g/mol. The van der Waals surface area contributed by atoms with Gasteiger partial charge in [0.15, 0.2) is 0 Å². The summed E-state index contributed by atoms with van der Waals surface area (Å²) in [7, 11) is 0. The van der Waals surface area contributed by atoms with E-state index in [1.165, 1.54) is 4.90 Å². The van der Waals surface area contributed by atoms with E-state index in [2.05, 4.69) is 37.6 Å². The first-order chi connectivity index (χ1) is 13.9. The molecule has 3 heterocycles. The van der Waals surface area contributed by atoms with Crippen LogP contribution in [0, 0.1) is 5.92 Å². The number of hydrogen-bond acceptors (Lipinski definition) is 4. The fraction of sp³-hybridized carbons (Fsp3) is 0.696. The van der Waals surface area contributed by atoms with Crippen molar-refractivity contribution in [2.75, 3.05) is 26.2 Å². The van der Waals surface area contributed by atoms with Gasteiger partial charge in [-0.25, -0.2) is 4.79 Å². The minimum absolute atomic E-state index is 0.0261. The molecule has 160 valence electrons. The van der Waals surface area contributed by atoms with Crippen molar-refractivity contribution in [3.63, 3.8) is 0 Å². The van der Waals surface area contributed by atoms with Crippen LogP contribution < -0.4 is 0 Å². The highest BCUT2D eigenvalue weighted by molar-refractivity contribution is 6.07. The van der Waals surface area contributed by atoms with Gasteiger partial charge in [-0.05, 0) is 56.6 Å². The number of rotatable bonds is 8. The first-order valence-corrected chi connectivity index (χ1v) is 11.2. The van der Waals surface area contributed by atoms with Crippen molar-refractivity contribution in [1.29, 1.82) is 0 Å². The maximum Gasteiger partial charge on any atom is 0.327 e. The van der Waals surface area contributed by atoms with E-state index in [9.17, 15) is 9.59 Å². The quantitative estimate of drug-likeness (QED) is 0.626. The molecule has 2 aliphatic heterocycles. The summed E-state index contributed by atoms with van der Waals surface area (Å²) in [6, 6.07) is 4.39. The molecule has 2 aliphatic rings. The van der Waals surface area contributed by atoms with Crippen LogP contribution in [-0.4, -0.2) is 69.4 Å². The zero-order chi connectivity index (χ0) is 21.0. The standard InChI is InChI=1S/C23H36N4O2/c1-5-19(4)25-14-10-23(11-15-25)21(28)26(22(29)27(23)17-18(2)3)13-7-9-20-8-6-12-24-16-20/h6,8,12,16,18-19H,5,7,9-11,13-15,17H2,1-4H3/t19-/m1/s1. The maximum absolute atomic E-state index is 13.5. The summed E-state index contributed by atoms with van der Waals surface area (Å²) in [5, 5.41) is 0. The Bertz CT molecular complexity index is 698. The van der Waals surface area contributed by atoms with Crippen molar-refractivity contribution >= 4 is 11.9 Å². The largest absolute Gasteiger partial charge is 0.327 e. The highest BCUT2D eigenvalue weighted by atomic mass is 16.2. The molecule has 0 unspecified atom stereocenters. The lowest BCUT2D eigenvalue weighted by atomic mass is 9.84. The summed E-state index contributed by atoms with van der Waals surface area (Å²) in [4.78, 5) is 36.8. The van der Waals surface area contributed by atoms with Gasteiger partial charge in [0.1, 0.15) is 5.54 Å². The number of likely N-dealkylation sites (tertiary alicyclic amines) is 1. The first kappa shape index (κ1) is 21.8. The molecule has 6 nitrogen and oxygen atoms in total. The number of carbonyl (C=O) groups is 2. The number of pyridine rings is 1. The van der Waals surface area contributed by atoms with Crippen molar-refractivity contribution in [3.05, 3.63) is 30.1 Å². The lowest BCUT2D eigenvalue weighted by Crippen LogP contribution is -2.58. The van der Waals surface area contributed by atoms with Crippen LogP contribution in [0.3, 0.4) is 0 Å². The van der Waals surface area contributed by atoms with Crippen molar-refractivity contribution in [3.8, 4) is 0 Å². The summed E-state index contributed by atoms with van der Waals surface area (Å²) >= 11 is 0. The van der Waals surface area contributed by atoms with E-state index in [0.29, 0.717) is 25.0 Å². The number of imide groups is 1. The Labute approximate surface area is 175 Å². The van der Waals surface area contributed by atoms with Crippen LogP contribution in [0.1, 0.15) is 58.9 Å². The average Bonchev–Trinajstić information content (AvgIpc) is 2.90. The summed E-state index contributed by atoms with van der Waals surface area (Å²) in [5.41, 5.74) is 0.502. The molecule has 0 radical (unpaired) electrons. The first-order valence-electron chi connectivity index (χ1n) is 11.2. The maximum atomic E-state index is 13.5. The van der Waals surface area contributed by atoms with E-state index < -0.39 is 5.54 Å². The van der Waals surface area contributed by atoms with Crippen molar-refractivity contribution in [1.82, 2.24) is 19.7 Å². The molecule has 1 aromatic rings. The van der Waals surface area contributed by atoms with E-state index in [1.54, 1.807) is 6.20 Å². The molecular formula is C23H36N4O2. The van der Waals surface area contributed by atoms with Gasteiger partial charge in [-0.3, -0.25) is 14.7 Å². The van der Waals surface area contributed by atoms with Gasteiger partial charge in [-0.2, -0.15) is 0 Å². The normalized spacial score (nSPS) is 20.9. The van der Waals surface area contributed by atoms with Crippen LogP contribution in [0.25, 0.3) is 0 Å². The van der Waals surface area contributed by atoms with Gasteiger partial charge in [0.05, 0.1) is 0 Å². The van der Waals surface area contributed by atoms with E-state index in [4.69, 9.17) is 0 Å². The monoisotopic (exact) mass is 400 g/mol. The van der Waals surface area contributed by atoms with Gasteiger partial charge >= 0.3 is 6.03 Å². The summed E-state index contributed by atoms with van der Waals surface area (Å²) in [6.45, 7) is 11.6. The molecule has 29 heavy (non-hydrogen) atoms. The van der Waals surface area contributed by atoms with Gasteiger partial charge in [0, 0.05) is 44.6 Å². The van der Waals surface area contributed by atoms with E-state index in [0.717, 1.165) is 50.8 Å². The predicted molar refractivity (Wildman–Crippen MR) is 115 cm³/mol. The number of hydrogen-bond donors (Lipinski definition) is 0. The Morgan fingerprint density at radius 3 is 2.48 bits per heavy atom. The number of urea groups is 1. The highest BCUT2D eigenvalue weighted by Gasteiger charge is 2.57. The topological polar surface area (TPSA) is 56.8 Å². The molecule has 3 amide bonds. The van der Waals surface area contributed by atoms with Crippen LogP contribution in [0.4, 0.5) is 4.79 Å². The number of aromatic nitrogens is 1. The van der Waals surface area contributed by atoms with Crippen LogP contribution in [0.15, 0.2) is 24.5 Å². The summed E-state index contributed by atoms with van der Waals surface area (Å²) in [6.07, 6.45) is 7.80. The number of amides is 3. The zero-order valence-electron chi connectivity index (χ0n) is 18.4. The van der Waals surface area contributed by atoms with Crippen molar-refractivity contribution in [2.24, 2.45) is 5.92 Å². The molecule has 1 atom stereocenters.